The maximum Gasteiger partial charge on any atom is 0.275 e. The minimum Gasteiger partial charge on any atom is -0.375 e. The van der Waals surface area contributed by atoms with Crippen LogP contribution in [0.3, 0.4) is 0 Å². The number of nitrogens with two attached hydrogens (primary N) is 1. The van der Waals surface area contributed by atoms with E-state index in [9.17, 15) is 13.2 Å². The molecule has 0 aliphatic carbocycles. The molecule has 1 aromatic carbocycles. The summed E-state index contributed by atoms with van der Waals surface area (Å²) in [5.74, 6) is -0.527. The van der Waals surface area contributed by atoms with Gasteiger partial charge in [-0.15, -0.1) is 11.3 Å². The van der Waals surface area contributed by atoms with Gasteiger partial charge in [0, 0.05) is 5.38 Å². The first-order valence-corrected chi connectivity index (χ1v) is 8.31. The topological polar surface area (TPSA) is 102 Å². The Morgan fingerprint density at radius 2 is 2.10 bits per heavy atom. The number of anilines is 2. The molecule has 0 fully saturated rings. The Kier molecular flexibility index (Phi) is 4.05. The second-order valence-corrected chi connectivity index (χ2v) is 7.06. The molecule has 0 aliphatic rings. The standard InChI is InChI=1S/C12H13N3O3S2/c1-2-20(17,18)10-6-4-3-5-8(10)14-11(16)9-7-19-12(13)15-9/h3-7H,2H2,1H3,(H2,13,15)(H,14,16). The fourth-order valence-electron chi connectivity index (χ4n) is 1.57. The third kappa shape index (κ3) is 2.97. The zero-order valence-corrected chi connectivity index (χ0v) is 12.3. The van der Waals surface area contributed by atoms with Crippen LogP contribution in [0.25, 0.3) is 0 Å². The van der Waals surface area contributed by atoms with Gasteiger partial charge in [-0.1, -0.05) is 19.1 Å². The van der Waals surface area contributed by atoms with E-state index in [4.69, 9.17) is 5.73 Å². The molecule has 106 valence electrons. The molecule has 0 aliphatic heterocycles. The number of carbonyl (C=O) groups excluding carboxylic acids is 1. The van der Waals surface area contributed by atoms with Gasteiger partial charge in [0.15, 0.2) is 15.0 Å². The largest absolute Gasteiger partial charge is 0.375 e. The fourth-order valence-corrected chi connectivity index (χ4v) is 3.17. The summed E-state index contributed by atoms with van der Waals surface area (Å²) in [4.78, 5) is 15.9. The summed E-state index contributed by atoms with van der Waals surface area (Å²) < 4.78 is 23.9. The van der Waals surface area contributed by atoms with Crippen LogP contribution in [0.4, 0.5) is 10.8 Å². The van der Waals surface area contributed by atoms with Crippen LogP contribution in [-0.4, -0.2) is 25.1 Å². The number of rotatable bonds is 4. The Morgan fingerprint density at radius 3 is 2.70 bits per heavy atom. The van der Waals surface area contributed by atoms with E-state index < -0.39 is 15.7 Å². The van der Waals surface area contributed by atoms with Crippen molar-refractivity contribution in [2.75, 3.05) is 16.8 Å². The van der Waals surface area contributed by atoms with Crippen LogP contribution < -0.4 is 11.1 Å². The van der Waals surface area contributed by atoms with Gasteiger partial charge in [-0.25, -0.2) is 13.4 Å². The number of nitrogens with zero attached hydrogens (tertiary/aromatic N) is 1. The average molecular weight is 311 g/mol. The second kappa shape index (κ2) is 5.59. The van der Waals surface area contributed by atoms with Gasteiger partial charge in [-0.2, -0.15) is 0 Å². The Hall–Kier alpha value is -1.93. The molecule has 6 nitrogen and oxygen atoms in total. The second-order valence-electron chi connectivity index (χ2n) is 3.92. The van der Waals surface area contributed by atoms with E-state index in [0.29, 0.717) is 0 Å². The van der Waals surface area contributed by atoms with Crippen molar-refractivity contribution in [2.45, 2.75) is 11.8 Å². The summed E-state index contributed by atoms with van der Waals surface area (Å²) in [6.07, 6.45) is 0. The van der Waals surface area contributed by atoms with E-state index in [-0.39, 0.29) is 27.2 Å². The molecule has 20 heavy (non-hydrogen) atoms. The zero-order valence-electron chi connectivity index (χ0n) is 10.7. The van der Waals surface area contributed by atoms with Crippen LogP contribution in [-0.2, 0) is 9.84 Å². The molecule has 3 N–H and O–H groups in total. The van der Waals surface area contributed by atoms with E-state index in [2.05, 4.69) is 10.3 Å². The number of benzene rings is 1. The molecular formula is C12H13N3O3S2. The average Bonchev–Trinajstić information content (AvgIpc) is 2.86. The van der Waals surface area contributed by atoms with E-state index in [0.717, 1.165) is 11.3 Å². The molecule has 0 unspecified atom stereocenters. The van der Waals surface area contributed by atoms with Gasteiger partial charge >= 0.3 is 0 Å². The van der Waals surface area contributed by atoms with Crippen molar-refractivity contribution < 1.29 is 13.2 Å². The summed E-state index contributed by atoms with van der Waals surface area (Å²) in [5.41, 5.74) is 5.87. The molecule has 2 rings (SSSR count). The maximum absolute atomic E-state index is 12.0. The highest BCUT2D eigenvalue weighted by Gasteiger charge is 2.18. The lowest BCUT2D eigenvalue weighted by molar-refractivity contribution is 0.102. The fraction of sp³-hybridized carbons (Fsp3) is 0.167. The SMILES string of the molecule is CCS(=O)(=O)c1ccccc1NC(=O)c1csc(N)n1. The Morgan fingerprint density at radius 1 is 1.40 bits per heavy atom. The van der Waals surface area contributed by atoms with Crippen molar-refractivity contribution in [1.29, 1.82) is 0 Å². The summed E-state index contributed by atoms with van der Waals surface area (Å²) in [6.45, 7) is 1.55. The van der Waals surface area contributed by atoms with Crippen LogP contribution >= 0.6 is 11.3 Å². The van der Waals surface area contributed by atoms with Gasteiger partial charge in [-0.3, -0.25) is 4.79 Å². The number of aromatic nitrogens is 1. The summed E-state index contributed by atoms with van der Waals surface area (Å²) in [5, 5.41) is 4.35. The van der Waals surface area contributed by atoms with Crippen LogP contribution in [0.2, 0.25) is 0 Å². The highest BCUT2D eigenvalue weighted by atomic mass is 32.2. The van der Waals surface area contributed by atoms with Gasteiger partial charge in [-0.05, 0) is 12.1 Å². The number of para-hydroxylation sites is 1. The number of amides is 1. The van der Waals surface area contributed by atoms with Crippen molar-refractivity contribution >= 4 is 37.9 Å². The van der Waals surface area contributed by atoms with Crippen molar-refractivity contribution in [3.05, 3.63) is 35.3 Å². The first-order valence-electron chi connectivity index (χ1n) is 5.78. The minimum atomic E-state index is -3.41. The summed E-state index contributed by atoms with van der Waals surface area (Å²) in [7, 11) is -3.41. The Bertz CT molecular complexity index is 738. The number of nitrogens with one attached hydrogen (secondary N) is 1. The molecule has 0 radical (unpaired) electrons. The van der Waals surface area contributed by atoms with Gasteiger partial charge in [0.05, 0.1) is 16.3 Å². The van der Waals surface area contributed by atoms with Crippen LogP contribution in [0.5, 0.6) is 0 Å². The van der Waals surface area contributed by atoms with Gasteiger partial charge in [0.1, 0.15) is 5.69 Å². The first kappa shape index (κ1) is 14.5. The molecule has 0 spiro atoms. The molecule has 1 heterocycles. The predicted octanol–water partition coefficient (Wildman–Crippen LogP) is 1.77. The summed E-state index contributed by atoms with van der Waals surface area (Å²) in [6, 6.07) is 6.26. The smallest absolute Gasteiger partial charge is 0.275 e. The molecule has 1 aromatic heterocycles. The number of carbonyl (C=O) groups is 1. The first-order chi connectivity index (χ1) is 9.44. The molecule has 0 bridgehead atoms. The number of hydrogen-bond donors (Lipinski definition) is 2. The van der Waals surface area contributed by atoms with Crippen molar-refractivity contribution in [1.82, 2.24) is 4.98 Å². The highest BCUT2D eigenvalue weighted by molar-refractivity contribution is 7.91. The molecule has 0 atom stereocenters. The number of sulfone groups is 1. The molecule has 2 aromatic rings. The molecule has 0 saturated carbocycles. The molecule has 0 saturated heterocycles. The summed E-state index contributed by atoms with van der Waals surface area (Å²) >= 11 is 1.15. The van der Waals surface area contributed by atoms with Gasteiger partial charge < -0.3 is 11.1 Å². The Labute approximate surface area is 120 Å². The van der Waals surface area contributed by atoms with Gasteiger partial charge in [0.25, 0.3) is 5.91 Å². The van der Waals surface area contributed by atoms with E-state index in [1.165, 1.54) is 17.5 Å². The van der Waals surface area contributed by atoms with Crippen LogP contribution in [0.1, 0.15) is 17.4 Å². The van der Waals surface area contributed by atoms with Crippen molar-refractivity contribution in [3.8, 4) is 0 Å². The molecule has 8 heteroatoms. The lowest BCUT2D eigenvalue weighted by Crippen LogP contribution is -2.16. The van der Waals surface area contributed by atoms with E-state index >= 15 is 0 Å². The van der Waals surface area contributed by atoms with Crippen LogP contribution in [0, 0.1) is 0 Å². The maximum atomic E-state index is 12.0. The van der Waals surface area contributed by atoms with E-state index in [1.54, 1.807) is 19.1 Å². The molecular weight excluding hydrogens is 298 g/mol. The minimum absolute atomic E-state index is 0.0382. The van der Waals surface area contributed by atoms with Crippen molar-refractivity contribution in [2.24, 2.45) is 0 Å². The molecule has 1 amide bonds. The monoisotopic (exact) mass is 311 g/mol. The number of nitrogen functional groups attached to an aromatic ring is 1. The normalized spacial score (nSPS) is 11.2. The highest BCUT2D eigenvalue weighted by Crippen LogP contribution is 2.23. The Balaban J connectivity index is 2.33. The predicted molar refractivity (Wildman–Crippen MR) is 78.6 cm³/mol. The zero-order chi connectivity index (χ0) is 14.8. The lowest BCUT2D eigenvalue weighted by atomic mass is 10.3. The third-order valence-electron chi connectivity index (χ3n) is 2.60. The number of thiazole rings is 1. The lowest BCUT2D eigenvalue weighted by Gasteiger charge is -2.09. The van der Waals surface area contributed by atoms with Gasteiger partial charge in [0.2, 0.25) is 0 Å². The van der Waals surface area contributed by atoms with Crippen LogP contribution in [0.15, 0.2) is 34.5 Å². The quantitative estimate of drug-likeness (QED) is 0.896. The van der Waals surface area contributed by atoms with Crippen molar-refractivity contribution in [3.63, 3.8) is 0 Å². The third-order valence-corrected chi connectivity index (χ3v) is 5.07. The number of hydrogen-bond acceptors (Lipinski definition) is 6. The van der Waals surface area contributed by atoms with E-state index in [1.807, 2.05) is 0 Å².